The second-order valence-electron chi connectivity index (χ2n) is 4.23. The molecule has 4 heteroatoms. The number of amides is 1. The van der Waals surface area contributed by atoms with Crippen LogP contribution in [0.4, 0.5) is 0 Å². The van der Waals surface area contributed by atoms with Gasteiger partial charge in [0.15, 0.2) is 0 Å². The number of pyridine rings is 1. The van der Waals surface area contributed by atoms with Gasteiger partial charge in [-0.1, -0.05) is 0 Å². The summed E-state index contributed by atoms with van der Waals surface area (Å²) in [6.07, 6.45) is 4.09. The highest BCUT2D eigenvalue weighted by Gasteiger charge is 2.32. The molecule has 1 saturated heterocycles. The molecule has 2 atom stereocenters. The number of hydrogen-bond donors (Lipinski definition) is 0. The van der Waals surface area contributed by atoms with Crippen LogP contribution < -0.4 is 0 Å². The molecule has 1 aliphatic heterocycles. The summed E-state index contributed by atoms with van der Waals surface area (Å²) >= 11 is 5.80. The predicted octanol–water partition coefficient (Wildman–Crippen LogP) is 2.23. The van der Waals surface area contributed by atoms with Crippen molar-refractivity contribution in [1.29, 1.82) is 0 Å². The lowest BCUT2D eigenvalue weighted by molar-refractivity contribution is -0.129. The SMILES string of the molecule is CC(c1ccncc1)N1CC(CCl)CC1=O. The Kier molecular flexibility index (Phi) is 3.44. The maximum atomic E-state index is 11.8. The van der Waals surface area contributed by atoms with E-state index in [9.17, 15) is 4.79 Å². The maximum Gasteiger partial charge on any atom is 0.223 e. The van der Waals surface area contributed by atoms with Crippen molar-refractivity contribution in [3.8, 4) is 0 Å². The van der Waals surface area contributed by atoms with Crippen molar-refractivity contribution < 1.29 is 4.79 Å². The molecule has 0 bridgehead atoms. The summed E-state index contributed by atoms with van der Waals surface area (Å²) in [6, 6.07) is 4.02. The molecule has 1 fully saturated rings. The largest absolute Gasteiger partial charge is 0.336 e. The van der Waals surface area contributed by atoms with Crippen LogP contribution in [0.25, 0.3) is 0 Å². The molecule has 0 saturated carbocycles. The maximum absolute atomic E-state index is 11.8. The second-order valence-corrected chi connectivity index (χ2v) is 4.54. The first-order valence-corrected chi connectivity index (χ1v) is 6.01. The Hall–Kier alpha value is -1.09. The number of aromatic nitrogens is 1. The number of alkyl halides is 1. The Morgan fingerprint density at radius 2 is 2.25 bits per heavy atom. The van der Waals surface area contributed by atoms with E-state index in [4.69, 9.17) is 11.6 Å². The Labute approximate surface area is 100 Å². The van der Waals surface area contributed by atoms with Gasteiger partial charge in [-0.3, -0.25) is 9.78 Å². The van der Waals surface area contributed by atoms with Crippen LogP contribution in [0.15, 0.2) is 24.5 Å². The van der Waals surface area contributed by atoms with Crippen molar-refractivity contribution in [3.05, 3.63) is 30.1 Å². The molecule has 0 aliphatic carbocycles. The summed E-state index contributed by atoms with van der Waals surface area (Å²) in [4.78, 5) is 17.7. The van der Waals surface area contributed by atoms with Gasteiger partial charge in [-0.05, 0) is 30.5 Å². The van der Waals surface area contributed by atoms with Gasteiger partial charge >= 0.3 is 0 Å². The molecule has 2 unspecified atom stereocenters. The van der Waals surface area contributed by atoms with Crippen molar-refractivity contribution in [3.63, 3.8) is 0 Å². The zero-order valence-corrected chi connectivity index (χ0v) is 10.0. The molecule has 0 aromatic carbocycles. The van der Waals surface area contributed by atoms with Crippen LogP contribution in [-0.2, 0) is 4.79 Å². The van der Waals surface area contributed by atoms with Crippen molar-refractivity contribution in [2.75, 3.05) is 12.4 Å². The third kappa shape index (κ3) is 2.19. The van der Waals surface area contributed by atoms with E-state index in [1.54, 1.807) is 12.4 Å². The van der Waals surface area contributed by atoms with Gasteiger partial charge in [0, 0.05) is 31.2 Å². The minimum atomic E-state index is 0.115. The molecule has 2 rings (SSSR count). The number of rotatable bonds is 3. The van der Waals surface area contributed by atoms with Gasteiger partial charge in [0.05, 0.1) is 6.04 Å². The van der Waals surface area contributed by atoms with Gasteiger partial charge in [0.25, 0.3) is 0 Å². The summed E-state index contributed by atoms with van der Waals surface area (Å²) < 4.78 is 0. The smallest absolute Gasteiger partial charge is 0.223 e. The number of carbonyl (C=O) groups excluding carboxylic acids is 1. The molecule has 2 heterocycles. The first-order chi connectivity index (χ1) is 7.72. The van der Waals surface area contributed by atoms with Crippen LogP contribution >= 0.6 is 11.6 Å². The molecule has 0 radical (unpaired) electrons. The van der Waals surface area contributed by atoms with E-state index in [2.05, 4.69) is 4.98 Å². The number of halogens is 1. The molecular formula is C12H15ClN2O. The number of likely N-dealkylation sites (tertiary alicyclic amines) is 1. The summed E-state index contributed by atoms with van der Waals surface area (Å²) in [5, 5.41) is 0. The monoisotopic (exact) mass is 238 g/mol. The van der Waals surface area contributed by atoms with Gasteiger partial charge in [-0.2, -0.15) is 0 Å². The Morgan fingerprint density at radius 1 is 1.56 bits per heavy atom. The van der Waals surface area contributed by atoms with Crippen LogP contribution in [-0.4, -0.2) is 28.2 Å². The zero-order valence-electron chi connectivity index (χ0n) is 9.27. The lowest BCUT2D eigenvalue weighted by Gasteiger charge is -2.24. The number of carbonyl (C=O) groups is 1. The van der Waals surface area contributed by atoms with Gasteiger partial charge in [-0.15, -0.1) is 11.6 Å². The van der Waals surface area contributed by atoms with Gasteiger partial charge in [0.1, 0.15) is 0 Å². The highest BCUT2D eigenvalue weighted by molar-refractivity contribution is 6.18. The minimum absolute atomic E-state index is 0.115. The summed E-state index contributed by atoms with van der Waals surface area (Å²) in [5.41, 5.74) is 1.12. The fraction of sp³-hybridized carbons (Fsp3) is 0.500. The first-order valence-electron chi connectivity index (χ1n) is 5.47. The summed E-state index contributed by atoms with van der Waals surface area (Å²) in [7, 11) is 0. The summed E-state index contributed by atoms with van der Waals surface area (Å²) in [6.45, 7) is 2.82. The van der Waals surface area contributed by atoms with Crippen molar-refractivity contribution in [1.82, 2.24) is 9.88 Å². The fourth-order valence-corrected chi connectivity index (χ4v) is 2.31. The fourth-order valence-electron chi connectivity index (χ4n) is 2.11. The normalized spacial score (nSPS) is 22.5. The van der Waals surface area contributed by atoms with Gasteiger partial charge in [0.2, 0.25) is 5.91 Å². The lowest BCUT2D eigenvalue weighted by atomic mass is 10.1. The van der Waals surface area contributed by atoms with Crippen LogP contribution in [0.3, 0.4) is 0 Å². The molecule has 1 aliphatic rings. The topological polar surface area (TPSA) is 33.2 Å². The quantitative estimate of drug-likeness (QED) is 0.757. The van der Waals surface area contributed by atoms with Crippen molar-refractivity contribution >= 4 is 17.5 Å². The van der Waals surface area contributed by atoms with E-state index in [0.717, 1.165) is 12.1 Å². The lowest BCUT2D eigenvalue weighted by Crippen LogP contribution is -2.28. The molecule has 1 aromatic rings. The third-order valence-corrected chi connectivity index (χ3v) is 3.55. The van der Waals surface area contributed by atoms with Gasteiger partial charge in [-0.25, -0.2) is 0 Å². The van der Waals surface area contributed by atoms with Crippen LogP contribution in [0.2, 0.25) is 0 Å². The molecule has 1 amide bonds. The summed E-state index contributed by atoms with van der Waals surface area (Å²) in [5.74, 6) is 1.07. The van der Waals surface area contributed by atoms with Crippen LogP contribution in [0.5, 0.6) is 0 Å². The number of hydrogen-bond acceptors (Lipinski definition) is 2. The third-order valence-electron chi connectivity index (χ3n) is 3.11. The zero-order chi connectivity index (χ0) is 11.5. The second kappa shape index (κ2) is 4.83. The molecule has 0 spiro atoms. The van der Waals surface area contributed by atoms with Crippen LogP contribution in [0.1, 0.15) is 24.9 Å². The van der Waals surface area contributed by atoms with E-state index >= 15 is 0 Å². The highest BCUT2D eigenvalue weighted by Crippen LogP contribution is 2.28. The van der Waals surface area contributed by atoms with Gasteiger partial charge < -0.3 is 4.90 Å². The molecule has 0 N–H and O–H groups in total. The standard InChI is InChI=1S/C12H15ClN2O/c1-9(11-2-4-14-5-3-11)15-8-10(7-13)6-12(15)16/h2-5,9-10H,6-8H2,1H3. The Balaban J connectivity index is 2.11. The average Bonchev–Trinajstić information content (AvgIpc) is 2.71. The molecule has 86 valence electrons. The predicted molar refractivity (Wildman–Crippen MR) is 63.2 cm³/mol. The molecule has 1 aromatic heterocycles. The Morgan fingerprint density at radius 3 is 2.81 bits per heavy atom. The van der Waals surface area contributed by atoms with E-state index in [0.29, 0.717) is 18.2 Å². The minimum Gasteiger partial charge on any atom is -0.336 e. The van der Waals surface area contributed by atoms with Crippen LogP contribution in [0, 0.1) is 5.92 Å². The molecular weight excluding hydrogens is 224 g/mol. The van der Waals surface area contributed by atoms with E-state index in [-0.39, 0.29) is 11.9 Å². The van der Waals surface area contributed by atoms with Crippen molar-refractivity contribution in [2.45, 2.75) is 19.4 Å². The van der Waals surface area contributed by atoms with E-state index in [1.165, 1.54) is 0 Å². The van der Waals surface area contributed by atoms with Crippen molar-refractivity contribution in [2.24, 2.45) is 5.92 Å². The highest BCUT2D eigenvalue weighted by atomic mass is 35.5. The van der Waals surface area contributed by atoms with E-state index in [1.807, 2.05) is 24.0 Å². The molecule has 3 nitrogen and oxygen atoms in total. The number of nitrogens with zero attached hydrogens (tertiary/aromatic N) is 2. The molecule has 16 heavy (non-hydrogen) atoms. The average molecular weight is 239 g/mol. The van der Waals surface area contributed by atoms with E-state index < -0.39 is 0 Å². The first kappa shape index (κ1) is 11.4. The Bertz CT molecular complexity index is 369.